The van der Waals surface area contributed by atoms with E-state index in [0.717, 1.165) is 0 Å². The minimum atomic E-state index is -0.477. The number of ketones is 1. The lowest BCUT2D eigenvalue weighted by Gasteiger charge is -2.06. The van der Waals surface area contributed by atoms with Crippen LogP contribution in [0, 0.1) is 0 Å². The molecule has 2 rings (SSSR count). The summed E-state index contributed by atoms with van der Waals surface area (Å²) in [5.41, 5.74) is 6.16. The van der Waals surface area contributed by atoms with E-state index in [4.69, 9.17) is 22.1 Å². The highest BCUT2D eigenvalue weighted by Crippen LogP contribution is 2.26. The van der Waals surface area contributed by atoms with Crippen LogP contribution in [0.4, 0.5) is 0 Å². The Morgan fingerprint density at radius 2 is 2.20 bits per heavy atom. The van der Waals surface area contributed by atoms with Gasteiger partial charge in [-0.2, -0.15) is 0 Å². The number of benzene rings is 1. The van der Waals surface area contributed by atoms with Crippen molar-refractivity contribution in [2.24, 2.45) is 5.73 Å². The maximum Gasteiger partial charge on any atom is 0.183 e. The Morgan fingerprint density at radius 1 is 1.47 bits per heavy atom. The summed E-state index contributed by atoms with van der Waals surface area (Å²) < 4.78 is 5.38. The highest BCUT2D eigenvalue weighted by Gasteiger charge is 2.23. The van der Waals surface area contributed by atoms with Crippen molar-refractivity contribution in [3.05, 3.63) is 28.8 Å². The maximum absolute atomic E-state index is 11.7. The molecule has 82 valence electrons. The van der Waals surface area contributed by atoms with Crippen LogP contribution in [0.25, 0.3) is 0 Å². The van der Waals surface area contributed by atoms with Crippen LogP contribution in [0.2, 0.25) is 5.02 Å². The number of Topliss-reactive ketones (excluding diaryl/α,β-unsaturated/α-hetero) is 1. The van der Waals surface area contributed by atoms with E-state index in [1.165, 1.54) is 0 Å². The van der Waals surface area contributed by atoms with Crippen LogP contribution in [0.3, 0.4) is 0 Å². The van der Waals surface area contributed by atoms with Gasteiger partial charge >= 0.3 is 0 Å². The van der Waals surface area contributed by atoms with Crippen LogP contribution in [-0.2, 0) is 0 Å². The lowest BCUT2D eigenvalue weighted by atomic mass is 10.0. The minimum absolute atomic E-state index is 0. The zero-order chi connectivity index (χ0) is 10.1. The number of carbonyl (C=O) groups excluding carboxylic acids is 1. The maximum atomic E-state index is 11.7. The van der Waals surface area contributed by atoms with Crippen LogP contribution >= 0.6 is 24.0 Å². The first-order chi connectivity index (χ1) is 6.68. The summed E-state index contributed by atoms with van der Waals surface area (Å²) in [6, 6.07) is 4.53. The summed E-state index contributed by atoms with van der Waals surface area (Å²) in [5.74, 6) is 0.479. The third kappa shape index (κ3) is 2.43. The van der Waals surface area contributed by atoms with Gasteiger partial charge in [-0.05, 0) is 18.2 Å². The Bertz CT molecular complexity index is 382. The van der Waals surface area contributed by atoms with Crippen molar-refractivity contribution in [2.75, 3.05) is 6.61 Å². The number of halogens is 2. The van der Waals surface area contributed by atoms with Gasteiger partial charge in [-0.3, -0.25) is 4.79 Å². The Kier molecular flexibility index (Phi) is 3.97. The smallest absolute Gasteiger partial charge is 0.183 e. The highest BCUT2D eigenvalue weighted by atomic mass is 35.5. The topological polar surface area (TPSA) is 52.3 Å². The van der Waals surface area contributed by atoms with Gasteiger partial charge in [-0.25, -0.2) is 0 Å². The first-order valence-electron chi connectivity index (χ1n) is 4.40. The monoisotopic (exact) mass is 247 g/mol. The molecule has 1 atom stereocenters. The predicted octanol–water partition coefficient (Wildman–Crippen LogP) is 2.05. The molecule has 0 radical (unpaired) electrons. The molecule has 1 aromatic carbocycles. The molecule has 2 N–H and O–H groups in total. The largest absolute Gasteiger partial charge is 0.493 e. The highest BCUT2D eigenvalue weighted by molar-refractivity contribution is 6.31. The van der Waals surface area contributed by atoms with E-state index in [9.17, 15) is 4.79 Å². The number of nitrogens with two attached hydrogens (primary N) is 1. The van der Waals surface area contributed by atoms with Crippen molar-refractivity contribution in [3.63, 3.8) is 0 Å². The van der Waals surface area contributed by atoms with Gasteiger partial charge in [0.1, 0.15) is 5.75 Å². The van der Waals surface area contributed by atoms with Crippen molar-refractivity contribution in [3.8, 4) is 5.75 Å². The minimum Gasteiger partial charge on any atom is -0.493 e. The number of hydrogen-bond donors (Lipinski definition) is 1. The molecule has 3 nitrogen and oxygen atoms in total. The van der Waals surface area contributed by atoms with Crippen LogP contribution < -0.4 is 10.5 Å². The Hall–Kier alpha value is -0.770. The molecule has 1 aliphatic heterocycles. The molecule has 1 heterocycles. The molecule has 1 unspecified atom stereocenters. The number of fused-ring (bicyclic) bond motifs is 1. The molecule has 5 heteroatoms. The van der Waals surface area contributed by atoms with Gasteiger partial charge in [-0.1, -0.05) is 11.6 Å². The summed E-state index contributed by atoms with van der Waals surface area (Å²) in [6.45, 7) is 0.474. The molecule has 0 saturated heterocycles. The third-order valence-corrected chi connectivity index (χ3v) is 2.47. The van der Waals surface area contributed by atoms with Crippen LogP contribution in [0.1, 0.15) is 16.8 Å². The van der Waals surface area contributed by atoms with E-state index in [1.807, 2.05) is 0 Å². The van der Waals surface area contributed by atoms with Gasteiger partial charge < -0.3 is 10.5 Å². The van der Waals surface area contributed by atoms with Crippen molar-refractivity contribution >= 4 is 29.8 Å². The second kappa shape index (κ2) is 4.84. The first-order valence-corrected chi connectivity index (χ1v) is 4.78. The number of rotatable bonds is 0. The zero-order valence-electron chi connectivity index (χ0n) is 7.90. The van der Waals surface area contributed by atoms with Crippen molar-refractivity contribution in [1.82, 2.24) is 0 Å². The van der Waals surface area contributed by atoms with E-state index in [2.05, 4.69) is 0 Å². The van der Waals surface area contributed by atoms with Gasteiger partial charge in [0.15, 0.2) is 5.78 Å². The summed E-state index contributed by atoms with van der Waals surface area (Å²) in [4.78, 5) is 11.7. The molecule has 1 aromatic rings. The van der Waals surface area contributed by atoms with E-state index in [0.29, 0.717) is 29.4 Å². The molecular formula is C10H11Cl2NO2. The Labute approximate surface area is 99.0 Å². The molecule has 0 amide bonds. The molecule has 0 saturated carbocycles. The van der Waals surface area contributed by atoms with Gasteiger partial charge in [0.2, 0.25) is 0 Å². The molecule has 0 bridgehead atoms. The van der Waals surface area contributed by atoms with Crippen molar-refractivity contribution in [2.45, 2.75) is 12.5 Å². The molecule has 1 aliphatic rings. The fourth-order valence-corrected chi connectivity index (χ4v) is 1.62. The van der Waals surface area contributed by atoms with E-state index in [1.54, 1.807) is 18.2 Å². The van der Waals surface area contributed by atoms with Gasteiger partial charge in [-0.15, -0.1) is 12.4 Å². The van der Waals surface area contributed by atoms with Crippen LogP contribution in [0.5, 0.6) is 5.75 Å². The fraction of sp³-hybridized carbons (Fsp3) is 0.300. The Balaban J connectivity index is 0.00000112. The van der Waals surface area contributed by atoms with Gasteiger partial charge in [0.05, 0.1) is 18.2 Å². The van der Waals surface area contributed by atoms with Crippen LogP contribution in [0.15, 0.2) is 18.2 Å². The summed E-state index contributed by atoms with van der Waals surface area (Å²) in [7, 11) is 0. The third-order valence-electron chi connectivity index (χ3n) is 2.23. The standard InChI is InChI=1S/C10H10ClNO2.ClH/c11-6-1-2-9-7(5-6)10(13)8(12)3-4-14-9;/h1-2,5,8H,3-4,12H2;1H. The van der Waals surface area contributed by atoms with E-state index < -0.39 is 6.04 Å². The summed E-state index contributed by atoms with van der Waals surface area (Å²) in [6.07, 6.45) is 0.547. The average molecular weight is 248 g/mol. The van der Waals surface area contributed by atoms with Crippen LogP contribution in [-0.4, -0.2) is 18.4 Å². The van der Waals surface area contributed by atoms with Crippen molar-refractivity contribution < 1.29 is 9.53 Å². The summed E-state index contributed by atoms with van der Waals surface area (Å²) in [5, 5.41) is 0.523. The number of carbonyl (C=O) groups is 1. The molecule has 0 aliphatic carbocycles. The lowest BCUT2D eigenvalue weighted by molar-refractivity contribution is 0.0960. The van der Waals surface area contributed by atoms with E-state index in [-0.39, 0.29) is 18.2 Å². The van der Waals surface area contributed by atoms with E-state index >= 15 is 0 Å². The van der Waals surface area contributed by atoms with Gasteiger partial charge in [0.25, 0.3) is 0 Å². The van der Waals surface area contributed by atoms with Crippen molar-refractivity contribution in [1.29, 1.82) is 0 Å². The number of ether oxygens (including phenoxy) is 1. The molecular weight excluding hydrogens is 237 g/mol. The zero-order valence-corrected chi connectivity index (χ0v) is 9.48. The number of hydrogen-bond acceptors (Lipinski definition) is 3. The molecule has 15 heavy (non-hydrogen) atoms. The summed E-state index contributed by atoms with van der Waals surface area (Å²) >= 11 is 5.79. The van der Waals surface area contributed by atoms with Gasteiger partial charge in [0, 0.05) is 11.4 Å². The molecule has 0 aromatic heterocycles. The quantitative estimate of drug-likeness (QED) is 0.764. The second-order valence-corrected chi connectivity index (χ2v) is 3.68. The molecule has 0 spiro atoms. The Morgan fingerprint density at radius 3 is 2.93 bits per heavy atom. The SMILES string of the molecule is Cl.NC1CCOc2ccc(Cl)cc2C1=O. The lowest BCUT2D eigenvalue weighted by Crippen LogP contribution is -2.30. The first kappa shape index (κ1) is 12.3. The fourth-order valence-electron chi connectivity index (χ4n) is 1.45. The normalized spacial score (nSPS) is 19.6. The predicted molar refractivity (Wildman–Crippen MR) is 61.1 cm³/mol. The second-order valence-electron chi connectivity index (χ2n) is 3.25. The average Bonchev–Trinajstić information content (AvgIpc) is 2.30. The molecule has 0 fully saturated rings.